The summed E-state index contributed by atoms with van der Waals surface area (Å²) in [5.41, 5.74) is 2.74. The van der Waals surface area contributed by atoms with Crippen molar-refractivity contribution in [2.75, 3.05) is 25.5 Å². The third-order valence-electron chi connectivity index (χ3n) is 6.21. The monoisotopic (exact) mass is 435 g/mol. The third-order valence-corrected chi connectivity index (χ3v) is 6.21. The number of hydrogen-bond acceptors (Lipinski definition) is 4. The Balaban J connectivity index is 1.32. The van der Waals surface area contributed by atoms with E-state index in [1.807, 2.05) is 47.4 Å². The first kappa shape index (κ1) is 21.9. The minimum absolute atomic E-state index is 0.104. The SMILES string of the molecule is COc1ccccc1CC1CCCN(C(=O)Nc2ccc(CN3C(=O)CCC3=O)cc2)C1. The molecule has 2 fully saturated rings. The Bertz CT molecular complexity index is 973. The van der Waals surface area contributed by atoms with Gasteiger partial charge >= 0.3 is 6.03 Å². The lowest BCUT2D eigenvalue weighted by molar-refractivity contribution is -0.139. The zero-order valence-electron chi connectivity index (χ0n) is 18.4. The molecule has 0 bridgehead atoms. The number of imide groups is 1. The molecule has 1 atom stereocenters. The second kappa shape index (κ2) is 9.85. The molecule has 2 heterocycles. The lowest BCUT2D eigenvalue weighted by Gasteiger charge is -2.33. The van der Waals surface area contributed by atoms with Gasteiger partial charge in [0.1, 0.15) is 5.75 Å². The van der Waals surface area contributed by atoms with Gasteiger partial charge in [-0.3, -0.25) is 14.5 Å². The number of piperidine rings is 1. The quantitative estimate of drug-likeness (QED) is 0.700. The molecule has 0 spiro atoms. The zero-order valence-corrected chi connectivity index (χ0v) is 18.4. The Morgan fingerprint density at radius 2 is 1.78 bits per heavy atom. The van der Waals surface area contributed by atoms with Crippen molar-refractivity contribution < 1.29 is 19.1 Å². The largest absolute Gasteiger partial charge is 0.496 e. The molecule has 32 heavy (non-hydrogen) atoms. The van der Waals surface area contributed by atoms with Crippen molar-refractivity contribution in [3.05, 3.63) is 59.7 Å². The van der Waals surface area contributed by atoms with Crippen molar-refractivity contribution in [2.24, 2.45) is 5.92 Å². The number of rotatable bonds is 6. The van der Waals surface area contributed by atoms with E-state index in [0.29, 0.717) is 31.0 Å². The highest BCUT2D eigenvalue weighted by atomic mass is 16.5. The van der Waals surface area contributed by atoms with E-state index >= 15 is 0 Å². The number of likely N-dealkylation sites (tertiary alicyclic amines) is 2. The summed E-state index contributed by atoms with van der Waals surface area (Å²) in [4.78, 5) is 39.6. The van der Waals surface area contributed by atoms with Gasteiger partial charge in [-0.2, -0.15) is 0 Å². The topological polar surface area (TPSA) is 79.0 Å². The van der Waals surface area contributed by atoms with Gasteiger partial charge < -0.3 is 15.0 Å². The molecule has 0 radical (unpaired) electrons. The van der Waals surface area contributed by atoms with Gasteiger partial charge in [0.15, 0.2) is 0 Å². The molecule has 2 aliphatic rings. The summed E-state index contributed by atoms with van der Waals surface area (Å²) in [6.45, 7) is 1.73. The number of anilines is 1. The maximum atomic E-state index is 12.8. The molecule has 2 aromatic rings. The highest BCUT2D eigenvalue weighted by Gasteiger charge is 2.29. The molecule has 0 saturated carbocycles. The van der Waals surface area contributed by atoms with Crippen LogP contribution in [0.1, 0.15) is 36.8 Å². The second-order valence-electron chi connectivity index (χ2n) is 8.47. The van der Waals surface area contributed by atoms with Gasteiger partial charge in [-0.05, 0) is 54.5 Å². The fraction of sp³-hybridized carbons (Fsp3) is 0.400. The van der Waals surface area contributed by atoms with Crippen molar-refractivity contribution in [2.45, 2.75) is 38.6 Å². The smallest absolute Gasteiger partial charge is 0.321 e. The van der Waals surface area contributed by atoms with Crippen LogP contribution in [0.5, 0.6) is 5.75 Å². The molecule has 2 saturated heterocycles. The average Bonchev–Trinajstić information content (AvgIpc) is 3.13. The van der Waals surface area contributed by atoms with Crippen molar-refractivity contribution in [3.8, 4) is 5.75 Å². The van der Waals surface area contributed by atoms with Gasteiger partial charge in [0, 0.05) is 31.6 Å². The van der Waals surface area contributed by atoms with E-state index in [-0.39, 0.29) is 24.4 Å². The number of nitrogens with zero attached hydrogens (tertiary/aromatic N) is 2. The van der Waals surface area contributed by atoms with Crippen LogP contribution < -0.4 is 10.1 Å². The average molecular weight is 436 g/mol. The van der Waals surface area contributed by atoms with Crippen molar-refractivity contribution in [1.29, 1.82) is 0 Å². The van der Waals surface area contributed by atoms with Crippen molar-refractivity contribution >= 4 is 23.5 Å². The molecule has 4 amide bonds. The van der Waals surface area contributed by atoms with E-state index in [4.69, 9.17) is 4.74 Å². The van der Waals surface area contributed by atoms with Gasteiger partial charge in [-0.15, -0.1) is 0 Å². The number of ether oxygens (including phenoxy) is 1. The first-order chi connectivity index (χ1) is 15.5. The van der Waals surface area contributed by atoms with Gasteiger partial charge in [-0.25, -0.2) is 4.79 Å². The van der Waals surface area contributed by atoms with Crippen LogP contribution in [0.25, 0.3) is 0 Å². The molecule has 1 N–H and O–H groups in total. The molecule has 2 aromatic carbocycles. The van der Waals surface area contributed by atoms with Crippen LogP contribution >= 0.6 is 0 Å². The molecule has 2 aliphatic heterocycles. The van der Waals surface area contributed by atoms with E-state index in [2.05, 4.69) is 11.4 Å². The second-order valence-corrected chi connectivity index (χ2v) is 8.47. The molecule has 1 unspecified atom stereocenters. The molecule has 0 aromatic heterocycles. The predicted molar refractivity (Wildman–Crippen MR) is 121 cm³/mol. The standard InChI is InChI=1S/C25H29N3O4/c1-32-22-7-3-2-6-20(22)15-19-5-4-14-27(16-19)25(31)26-21-10-8-18(9-11-21)17-28-23(29)12-13-24(28)30/h2-3,6-11,19H,4-5,12-17H2,1H3,(H,26,31). The Labute approximate surface area is 188 Å². The molecule has 4 rings (SSSR count). The van der Waals surface area contributed by atoms with E-state index in [0.717, 1.165) is 37.1 Å². The minimum Gasteiger partial charge on any atom is -0.496 e. The first-order valence-corrected chi connectivity index (χ1v) is 11.1. The number of methoxy groups -OCH3 is 1. The molecule has 168 valence electrons. The fourth-order valence-corrected chi connectivity index (χ4v) is 4.48. The number of para-hydroxylation sites is 1. The van der Waals surface area contributed by atoms with Gasteiger partial charge in [0.05, 0.1) is 13.7 Å². The van der Waals surface area contributed by atoms with Gasteiger partial charge in [0.25, 0.3) is 0 Å². The Kier molecular flexibility index (Phi) is 6.73. The number of carbonyl (C=O) groups is 3. The lowest BCUT2D eigenvalue weighted by atomic mass is 9.91. The summed E-state index contributed by atoms with van der Waals surface area (Å²) in [5.74, 6) is 1.04. The number of nitrogens with one attached hydrogen (secondary N) is 1. The van der Waals surface area contributed by atoms with Crippen LogP contribution in [0, 0.1) is 5.92 Å². The normalized spacial score (nSPS) is 18.7. The van der Waals surface area contributed by atoms with Crippen LogP contribution in [0.15, 0.2) is 48.5 Å². The summed E-state index contributed by atoms with van der Waals surface area (Å²) in [7, 11) is 1.69. The molecule has 7 nitrogen and oxygen atoms in total. The number of benzene rings is 2. The molecule has 7 heteroatoms. The van der Waals surface area contributed by atoms with Crippen LogP contribution in [-0.4, -0.2) is 47.8 Å². The number of carbonyl (C=O) groups excluding carboxylic acids is 3. The van der Waals surface area contributed by atoms with E-state index < -0.39 is 0 Å². The summed E-state index contributed by atoms with van der Waals surface area (Å²) < 4.78 is 5.47. The number of urea groups is 1. The van der Waals surface area contributed by atoms with Gasteiger partial charge in [-0.1, -0.05) is 30.3 Å². The first-order valence-electron chi connectivity index (χ1n) is 11.1. The lowest BCUT2D eigenvalue weighted by Crippen LogP contribution is -2.42. The Morgan fingerprint density at radius 1 is 1.06 bits per heavy atom. The summed E-state index contributed by atoms with van der Waals surface area (Å²) in [6, 6.07) is 15.3. The fourth-order valence-electron chi connectivity index (χ4n) is 4.48. The van der Waals surface area contributed by atoms with Crippen molar-refractivity contribution in [1.82, 2.24) is 9.80 Å². The van der Waals surface area contributed by atoms with Crippen LogP contribution in [-0.2, 0) is 22.6 Å². The summed E-state index contributed by atoms with van der Waals surface area (Å²) >= 11 is 0. The van der Waals surface area contributed by atoms with Crippen LogP contribution in [0.4, 0.5) is 10.5 Å². The highest BCUT2D eigenvalue weighted by molar-refractivity contribution is 6.01. The third kappa shape index (κ3) is 5.10. The Hall–Kier alpha value is -3.35. The van der Waals surface area contributed by atoms with Gasteiger partial charge in [0.2, 0.25) is 11.8 Å². The van der Waals surface area contributed by atoms with Crippen LogP contribution in [0.2, 0.25) is 0 Å². The highest BCUT2D eigenvalue weighted by Crippen LogP contribution is 2.26. The molecular weight excluding hydrogens is 406 g/mol. The molecule has 0 aliphatic carbocycles. The minimum atomic E-state index is -0.125. The van der Waals surface area contributed by atoms with E-state index in [9.17, 15) is 14.4 Å². The van der Waals surface area contributed by atoms with Crippen molar-refractivity contribution in [3.63, 3.8) is 0 Å². The zero-order chi connectivity index (χ0) is 22.5. The van der Waals surface area contributed by atoms with Crippen LogP contribution in [0.3, 0.4) is 0 Å². The maximum absolute atomic E-state index is 12.8. The number of hydrogen-bond donors (Lipinski definition) is 1. The molecular formula is C25H29N3O4. The van der Waals surface area contributed by atoms with E-state index in [1.54, 1.807) is 7.11 Å². The summed E-state index contributed by atoms with van der Waals surface area (Å²) in [5, 5.41) is 2.97. The van der Waals surface area contributed by atoms with E-state index in [1.165, 1.54) is 10.5 Å². The predicted octanol–water partition coefficient (Wildman–Crippen LogP) is 3.83. The number of amides is 4. The maximum Gasteiger partial charge on any atom is 0.321 e. The Morgan fingerprint density at radius 3 is 2.50 bits per heavy atom. The summed E-state index contributed by atoms with van der Waals surface area (Å²) in [6.07, 6.45) is 3.53.